The second kappa shape index (κ2) is 10.6. The van der Waals surface area contributed by atoms with Crippen molar-refractivity contribution in [2.75, 3.05) is 11.8 Å². The average Bonchev–Trinajstić information content (AvgIpc) is 2.77. The van der Waals surface area contributed by atoms with Crippen LogP contribution in [0.15, 0.2) is 71.6 Å². The van der Waals surface area contributed by atoms with Gasteiger partial charge in [-0.25, -0.2) is 0 Å². The normalized spacial score (nSPS) is 12.0. The lowest BCUT2D eigenvalue weighted by Crippen LogP contribution is -2.66. The van der Waals surface area contributed by atoms with E-state index in [0.717, 1.165) is 24.1 Å². The minimum absolute atomic E-state index is 0.123. The van der Waals surface area contributed by atoms with Crippen molar-refractivity contribution >= 4 is 40.8 Å². The quantitative estimate of drug-likeness (QED) is 0.136. The number of halogens is 4. The van der Waals surface area contributed by atoms with Crippen molar-refractivity contribution in [1.82, 2.24) is 0 Å². The Morgan fingerprint density at radius 2 is 1.84 bits per heavy atom. The van der Waals surface area contributed by atoms with Crippen LogP contribution in [0.1, 0.15) is 11.1 Å². The molecule has 0 aliphatic heterocycles. The number of benzene rings is 3. The van der Waals surface area contributed by atoms with Gasteiger partial charge in [0.1, 0.15) is 0 Å². The molecular weight excluding hydrogens is 469 g/mol. The maximum absolute atomic E-state index is 12.9. The molecule has 0 aliphatic carbocycles. The van der Waals surface area contributed by atoms with Crippen molar-refractivity contribution in [3.05, 3.63) is 82.9 Å². The summed E-state index contributed by atoms with van der Waals surface area (Å²) in [4.78, 5) is 12.7. The predicted octanol–water partition coefficient (Wildman–Crippen LogP) is 5.07. The number of rotatable bonds is 8. The molecule has 32 heavy (non-hydrogen) atoms. The Balaban J connectivity index is 1.74. The number of hydrogen-bond acceptors (Lipinski definition) is 5. The van der Waals surface area contributed by atoms with Gasteiger partial charge in [-0.15, -0.1) is 0 Å². The number of nitrogens with one attached hydrogen (secondary N) is 2. The Kier molecular flexibility index (Phi) is 7.86. The number of aliphatic hydroxyl groups is 1. The van der Waals surface area contributed by atoms with E-state index in [9.17, 15) is 18.3 Å². The molecule has 0 spiro atoms. The van der Waals surface area contributed by atoms with Crippen LogP contribution in [0, 0.1) is 0 Å². The first-order valence-electron chi connectivity index (χ1n) is 8.96. The molecule has 11 heteroatoms. The van der Waals surface area contributed by atoms with E-state index in [1.54, 1.807) is 48.5 Å². The Labute approximate surface area is 190 Å². The van der Waals surface area contributed by atoms with Crippen LogP contribution < -0.4 is 14.6 Å². The summed E-state index contributed by atoms with van der Waals surface area (Å²) >= 11 is 7.06. The van der Waals surface area contributed by atoms with E-state index in [0.29, 0.717) is 21.9 Å². The molecule has 6 nitrogen and oxygen atoms in total. The van der Waals surface area contributed by atoms with E-state index < -0.39 is 11.7 Å². The fourth-order valence-corrected chi connectivity index (χ4v) is 3.46. The second-order valence-electron chi connectivity index (χ2n) is 6.24. The number of aliphatic hydroxyl groups excluding tert-OH is 1. The van der Waals surface area contributed by atoms with E-state index >= 15 is 0 Å². The van der Waals surface area contributed by atoms with Crippen LogP contribution in [0.25, 0.3) is 0 Å². The van der Waals surface area contributed by atoms with Crippen LogP contribution in [0.4, 0.5) is 24.5 Å². The molecule has 0 aromatic heterocycles. The van der Waals surface area contributed by atoms with Crippen molar-refractivity contribution in [2.24, 2.45) is 0 Å². The number of alkyl halides is 3. The molecule has 0 amide bonds. The van der Waals surface area contributed by atoms with E-state index in [1.165, 1.54) is 13.2 Å². The van der Waals surface area contributed by atoms with Gasteiger partial charge in [0.05, 0.1) is 35.0 Å². The van der Waals surface area contributed by atoms with Crippen LogP contribution in [-0.4, -0.2) is 18.1 Å². The van der Waals surface area contributed by atoms with Crippen molar-refractivity contribution in [3.63, 3.8) is 0 Å². The Hall–Kier alpha value is -2.92. The summed E-state index contributed by atoms with van der Waals surface area (Å²) in [6.07, 6.45) is -4.48. The highest BCUT2D eigenvalue weighted by Gasteiger charge is 2.31. The molecule has 168 valence electrons. The monoisotopic (exact) mass is 485 g/mol. The largest absolute Gasteiger partial charge is 0.459 e. The smallest absolute Gasteiger partial charge is 0.416 e. The summed E-state index contributed by atoms with van der Waals surface area (Å²) < 4.78 is 41.6. The van der Waals surface area contributed by atoms with E-state index in [4.69, 9.17) is 16.5 Å². The molecule has 3 aromatic carbocycles. The second-order valence-corrected chi connectivity index (χ2v) is 7.53. The maximum atomic E-state index is 12.9. The van der Waals surface area contributed by atoms with Gasteiger partial charge in [0.15, 0.2) is 5.75 Å². The van der Waals surface area contributed by atoms with Gasteiger partial charge in [-0.1, -0.05) is 23.7 Å². The Morgan fingerprint density at radius 1 is 1.06 bits per heavy atom. The van der Waals surface area contributed by atoms with Crippen molar-refractivity contribution in [3.8, 4) is 5.75 Å². The van der Waals surface area contributed by atoms with Gasteiger partial charge >= 0.3 is 12.1 Å². The molecule has 0 saturated carbocycles. The SMILES string of the molecule is COOOc1cccc([NH+]=C(O)c2cccc(SNc3cc(C(F)(F)F)ccc3Cl)c2)c1. The lowest BCUT2D eigenvalue weighted by molar-refractivity contribution is -0.453. The molecule has 0 heterocycles. The van der Waals surface area contributed by atoms with E-state index in [-0.39, 0.29) is 16.6 Å². The molecule has 3 aromatic rings. The molecule has 3 N–H and O–H groups in total. The molecule has 0 saturated heterocycles. The summed E-state index contributed by atoms with van der Waals surface area (Å²) in [6, 6.07) is 16.4. The summed E-state index contributed by atoms with van der Waals surface area (Å²) in [5, 5.41) is 15.0. The standard InChI is InChI=1S/C21H16ClF3N2O4S/c1-29-31-30-16-6-3-5-15(12-16)26-20(28)13-4-2-7-17(10-13)32-27-19-11-14(21(23,24)25)8-9-18(19)22/h2-12,27H,1H3,(H,26,28)/p+1. The topological polar surface area (TPSA) is 73.9 Å². The first kappa shape index (κ1) is 23.7. The van der Waals surface area contributed by atoms with E-state index in [1.807, 2.05) is 0 Å². The van der Waals surface area contributed by atoms with Crippen molar-refractivity contribution in [1.29, 1.82) is 0 Å². The summed E-state index contributed by atoms with van der Waals surface area (Å²) in [5.41, 5.74) is 0.285. The van der Waals surface area contributed by atoms with Gasteiger partial charge in [0.25, 0.3) is 0 Å². The Bertz CT molecular complexity index is 1110. The zero-order valence-electron chi connectivity index (χ0n) is 16.4. The maximum Gasteiger partial charge on any atom is 0.416 e. The lowest BCUT2D eigenvalue weighted by atomic mass is 10.2. The molecule has 0 radical (unpaired) electrons. The van der Waals surface area contributed by atoms with Crippen LogP contribution in [0.5, 0.6) is 5.75 Å². The van der Waals surface area contributed by atoms with Gasteiger partial charge in [-0.2, -0.15) is 23.1 Å². The fraction of sp³-hybridized carbons (Fsp3) is 0.0952. The zero-order chi connectivity index (χ0) is 23.1. The van der Waals surface area contributed by atoms with Gasteiger partial charge in [-0.05, 0) is 59.5 Å². The molecule has 0 atom stereocenters. The average molecular weight is 486 g/mol. The van der Waals surface area contributed by atoms with Crippen molar-refractivity contribution in [2.45, 2.75) is 11.1 Å². The molecular formula is C21H17ClF3N2O4S+. The Morgan fingerprint density at radius 3 is 2.59 bits per heavy atom. The molecule has 0 unspecified atom stereocenters. The zero-order valence-corrected chi connectivity index (χ0v) is 18.0. The molecule has 0 bridgehead atoms. The van der Waals surface area contributed by atoms with Gasteiger partial charge in [-0.3, -0.25) is 0 Å². The highest BCUT2D eigenvalue weighted by molar-refractivity contribution is 8.00. The predicted molar refractivity (Wildman–Crippen MR) is 115 cm³/mol. The first-order chi connectivity index (χ1) is 15.3. The fourth-order valence-electron chi connectivity index (χ4n) is 2.51. The van der Waals surface area contributed by atoms with Crippen LogP contribution in [0.3, 0.4) is 0 Å². The van der Waals surface area contributed by atoms with Crippen LogP contribution >= 0.6 is 23.5 Å². The highest BCUT2D eigenvalue weighted by atomic mass is 35.5. The summed E-state index contributed by atoms with van der Waals surface area (Å²) in [5.74, 6) is 0.200. The summed E-state index contributed by atoms with van der Waals surface area (Å²) in [7, 11) is 1.29. The third-order valence-electron chi connectivity index (χ3n) is 3.98. The van der Waals surface area contributed by atoms with E-state index in [2.05, 4.69) is 19.6 Å². The van der Waals surface area contributed by atoms with Crippen molar-refractivity contribution < 1.29 is 38.1 Å². The molecule has 0 fully saturated rings. The minimum atomic E-state index is -4.48. The first-order valence-corrected chi connectivity index (χ1v) is 10.2. The third-order valence-corrected chi connectivity index (χ3v) is 5.12. The van der Waals surface area contributed by atoms with Crippen LogP contribution in [0.2, 0.25) is 5.02 Å². The van der Waals surface area contributed by atoms with Gasteiger partial charge < -0.3 is 14.7 Å². The van der Waals surface area contributed by atoms with Gasteiger partial charge in [0, 0.05) is 11.0 Å². The minimum Gasteiger partial charge on any atom is -0.459 e. The lowest BCUT2D eigenvalue weighted by Gasteiger charge is -2.12. The number of hydrogen-bond donors (Lipinski definition) is 3. The third kappa shape index (κ3) is 6.54. The van der Waals surface area contributed by atoms with Crippen LogP contribution in [-0.2, 0) is 16.1 Å². The highest BCUT2D eigenvalue weighted by Crippen LogP contribution is 2.35. The van der Waals surface area contributed by atoms with Gasteiger partial charge in [0.2, 0.25) is 5.69 Å². The molecule has 3 rings (SSSR count). The number of anilines is 1. The molecule has 0 aliphatic rings. The summed E-state index contributed by atoms with van der Waals surface area (Å²) in [6.45, 7) is 0.